The van der Waals surface area contributed by atoms with E-state index in [1.54, 1.807) is 13.1 Å². The van der Waals surface area contributed by atoms with E-state index in [0.29, 0.717) is 29.9 Å². The maximum Gasteiger partial charge on any atom is 0.254 e. The molecule has 0 unspecified atom stereocenters. The lowest BCUT2D eigenvalue weighted by atomic mass is 10.0. The summed E-state index contributed by atoms with van der Waals surface area (Å²) in [5.41, 5.74) is 1.80. The minimum atomic E-state index is -0.241. The number of hydrogen-bond acceptors (Lipinski definition) is 3. The molecule has 1 aliphatic carbocycles. The molecule has 1 aromatic carbocycles. The molecule has 0 bridgehead atoms. The fourth-order valence-electron chi connectivity index (χ4n) is 2.20. The third-order valence-electron chi connectivity index (χ3n) is 3.48. The van der Waals surface area contributed by atoms with Crippen molar-refractivity contribution in [1.82, 2.24) is 10.6 Å². The monoisotopic (exact) mass is 290 g/mol. The first-order valence-corrected chi connectivity index (χ1v) is 7.43. The lowest BCUT2D eigenvalue weighted by Gasteiger charge is -2.15. The fourth-order valence-corrected chi connectivity index (χ4v) is 2.20. The van der Waals surface area contributed by atoms with Crippen LogP contribution in [0.2, 0.25) is 0 Å². The molecule has 114 valence electrons. The van der Waals surface area contributed by atoms with Crippen LogP contribution in [0.5, 0.6) is 5.75 Å². The van der Waals surface area contributed by atoms with Gasteiger partial charge in [-0.25, -0.2) is 0 Å². The summed E-state index contributed by atoms with van der Waals surface area (Å²) in [6.07, 6.45) is 2.77. The molecule has 21 heavy (non-hydrogen) atoms. The number of hydrogen-bond donors (Lipinski definition) is 2. The molecule has 1 aromatic rings. The zero-order valence-corrected chi connectivity index (χ0v) is 12.8. The highest BCUT2D eigenvalue weighted by Gasteiger charge is 2.25. The van der Waals surface area contributed by atoms with E-state index in [4.69, 9.17) is 4.74 Å². The van der Waals surface area contributed by atoms with Gasteiger partial charge in [0.2, 0.25) is 0 Å². The smallest absolute Gasteiger partial charge is 0.254 e. The predicted octanol–water partition coefficient (Wildman–Crippen LogP) is 1.90. The van der Waals surface area contributed by atoms with Crippen molar-refractivity contribution in [3.63, 3.8) is 0 Å². The first-order valence-electron chi connectivity index (χ1n) is 7.43. The molecule has 0 aromatic heterocycles. The maximum atomic E-state index is 12.2. The molecule has 1 saturated carbocycles. The average molecular weight is 290 g/mol. The second kappa shape index (κ2) is 6.61. The van der Waals surface area contributed by atoms with Gasteiger partial charge >= 0.3 is 0 Å². The first kappa shape index (κ1) is 15.4. The van der Waals surface area contributed by atoms with Crippen LogP contribution >= 0.6 is 0 Å². The Bertz CT molecular complexity index is 551. The Hall–Kier alpha value is -2.04. The maximum absolute atomic E-state index is 12.2. The van der Waals surface area contributed by atoms with Gasteiger partial charge in [-0.3, -0.25) is 9.59 Å². The average Bonchev–Trinajstić information content (AvgIpc) is 3.30. The number of amides is 2. The molecule has 0 atom stereocenters. The zero-order valence-electron chi connectivity index (χ0n) is 12.8. The number of aryl methyl sites for hydroxylation is 1. The molecule has 0 aliphatic heterocycles. The van der Waals surface area contributed by atoms with Crippen molar-refractivity contribution in [3.8, 4) is 5.75 Å². The third kappa shape index (κ3) is 3.54. The molecule has 1 aliphatic rings. The Kier molecular flexibility index (Phi) is 4.83. The van der Waals surface area contributed by atoms with Gasteiger partial charge in [-0.1, -0.05) is 6.92 Å². The summed E-state index contributed by atoms with van der Waals surface area (Å²) < 4.78 is 5.62. The Labute approximate surface area is 125 Å². The van der Waals surface area contributed by atoms with Crippen LogP contribution in [0.15, 0.2) is 12.1 Å². The van der Waals surface area contributed by atoms with Gasteiger partial charge in [-0.2, -0.15) is 0 Å². The minimum Gasteiger partial charge on any atom is -0.493 e. The summed E-state index contributed by atoms with van der Waals surface area (Å²) in [7, 11) is 1.57. The first-order chi connectivity index (χ1) is 10.1. The number of carbonyl (C=O) groups excluding carboxylic acids is 2. The van der Waals surface area contributed by atoms with Crippen LogP contribution in [0.3, 0.4) is 0 Å². The van der Waals surface area contributed by atoms with Crippen LogP contribution in [-0.2, 0) is 6.42 Å². The highest BCUT2D eigenvalue weighted by molar-refractivity contribution is 6.02. The van der Waals surface area contributed by atoms with Gasteiger partial charge in [-0.15, -0.1) is 0 Å². The summed E-state index contributed by atoms with van der Waals surface area (Å²) in [5, 5.41) is 5.55. The number of benzene rings is 1. The molecule has 2 amide bonds. The van der Waals surface area contributed by atoms with E-state index in [9.17, 15) is 9.59 Å². The minimum absolute atomic E-state index is 0.125. The largest absolute Gasteiger partial charge is 0.493 e. The molecule has 0 heterocycles. The van der Waals surface area contributed by atoms with Crippen molar-refractivity contribution < 1.29 is 14.3 Å². The van der Waals surface area contributed by atoms with Gasteiger partial charge in [0, 0.05) is 18.7 Å². The molecule has 0 radical (unpaired) electrons. The van der Waals surface area contributed by atoms with Crippen molar-refractivity contribution in [2.45, 2.75) is 39.2 Å². The number of carbonyl (C=O) groups is 2. The zero-order chi connectivity index (χ0) is 15.4. The third-order valence-corrected chi connectivity index (χ3v) is 3.48. The van der Waals surface area contributed by atoms with Crippen molar-refractivity contribution in [2.75, 3.05) is 13.7 Å². The van der Waals surface area contributed by atoms with Gasteiger partial charge in [0.05, 0.1) is 12.2 Å². The van der Waals surface area contributed by atoms with Gasteiger partial charge in [0.1, 0.15) is 5.75 Å². The molecular formula is C16H22N2O3. The topological polar surface area (TPSA) is 67.4 Å². The molecule has 2 N–H and O–H groups in total. The standard InChI is InChI=1S/C16H22N2O3/c1-4-10-8-11(15(19)18-12-6-7-12)9-13(16(20)17-3)14(10)21-5-2/h8-9,12H,4-7H2,1-3H3,(H,17,20)(H,18,19). The van der Waals surface area contributed by atoms with Crippen molar-refractivity contribution in [2.24, 2.45) is 0 Å². The molecule has 5 nitrogen and oxygen atoms in total. The van der Waals surface area contributed by atoms with E-state index < -0.39 is 0 Å². The van der Waals surface area contributed by atoms with Crippen LogP contribution in [0, 0.1) is 0 Å². The highest BCUT2D eigenvalue weighted by atomic mass is 16.5. The summed E-state index contributed by atoms with van der Waals surface area (Å²) in [4.78, 5) is 24.3. The van der Waals surface area contributed by atoms with Crippen LogP contribution in [0.1, 0.15) is 53.0 Å². The SMILES string of the molecule is CCOc1c(CC)cc(C(=O)NC2CC2)cc1C(=O)NC. The molecular weight excluding hydrogens is 268 g/mol. The molecule has 0 spiro atoms. The van der Waals surface area contributed by atoms with Gasteiger partial charge in [0.15, 0.2) is 0 Å². The molecule has 0 saturated heterocycles. The van der Waals surface area contributed by atoms with Crippen molar-refractivity contribution in [3.05, 3.63) is 28.8 Å². The quantitative estimate of drug-likeness (QED) is 0.841. The number of nitrogens with one attached hydrogen (secondary N) is 2. The second-order valence-electron chi connectivity index (χ2n) is 5.13. The van der Waals surface area contributed by atoms with E-state index in [1.165, 1.54) is 0 Å². The van der Waals surface area contributed by atoms with E-state index in [0.717, 1.165) is 18.4 Å². The summed E-state index contributed by atoms with van der Waals surface area (Å²) in [6, 6.07) is 3.72. The van der Waals surface area contributed by atoms with Crippen LogP contribution < -0.4 is 15.4 Å². The van der Waals surface area contributed by atoms with Crippen LogP contribution in [-0.4, -0.2) is 31.5 Å². The summed E-state index contributed by atoms with van der Waals surface area (Å²) in [6.45, 7) is 4.33. The van der Waals surface area contributed by atoms with Gasteiger partial charge in [-0.05, 0) is 43.9 Å². The number of ether oxygens (including phenoxy) is 1. The Morgan fingerprint density at radius 1 is 1.24 bits per heavy atom. The van der Waals surface area contributed by atoms with Crippen LogP contribution in [0.4, 0.5) is 0 Å². The predicted molar refractivity (Wildman–Crippen MR) is 80.9 cm³/mol. The Morgan fingerprint density at radius 3 is 2.48 bits per heavy atom. The Balaban J connectivity index is 2.42. The van der Waals surface area contributed by atoms with E-state index in [2.05, 4.69) is 10.6 Å². The van der Waals surface area contributed by atoms with Crippen LogP contribution in [0.25, 0.3) is 0 Å². The normalized spacial score (nSPS) is 13.7. The molecule has 5 heteroatoms. The van der Waals surface area contributed by atoms with E-state index in [1.807, 2.05) is 19.9 Å². The Morgan fingerprint density at radius 2 is 1.95 bits per heavy atom. The highest BCUT2D eigenvalue weighted by Crippen LogP contribution is 2.28. The van der Waals surface area contributed by atoms with E-state index in [-0.39, 0.29) is 17.9 Å². The molecule has 1 fully saturated rings. The summed E-state index contributed by atoms with van der Waals surface area (Å²) >= 11 is 0. The second-order valence-corrected chi connectivity index (χ2v) is 5.13. The van der Waals surface area contributed by atoms with E-state index >= 15 is 0 Å². The number of rotatable bonds is 6. The summed E-state index contributed by atoms with van der Waals surface area (Å²) in [5.74, 6) is 0.206. The van der Waals surface area contributed by atoms with Crippen molar-refractivity contribution >= 4 is 11.8 Å². The molecule has 2 rings (SSSR count). The lowest BCUT2D eigenvalue weighted by Crippen LogP contribution is -2.27. The lowest BCUT2D eigenvalue weighted by molar-refractivity contribution is 0.0951. The van der Waals surface area contributed by atoms with Gasteiger partial charge in [0.25, 0.3) is 11.8 Å². The van der Waals surface area contributed by atoms with Crippen molar-refractivity contribution in [1.29, 1.82) is 0 Å². The van der Waals surface area contributed by atoms with Gasteiger partial charge < -0.3 is 15.4 Å². The fraction of sp³-hybridized carbons (Fsp3) is 0.500.